The monoisotopic (exact) mass is 348 g/mol. The zero-order chi connectivity index (χ0) is 17.6. The number of rotatable bonds is 5. The molecule has 25 heavy (non-hydrogen) atoms. The number of nitrogens with one attached hydrogen (secondary N) is 3. The molecule has 2 heterocycles. The van der Waals surface area contributed by atoms with Crippen LogP contribution in [0, 0.1) is 0 Å². The number of para-hydroxylation sites is 2. The molecule has 0 radical (unpaired) electrons. The number of benzene rings is 1. The first kappa shape index (κ1) is 17.7. The maximum absolute atomic E-state index is 12.3. The Bertz CT molecular complexity index is 618. The summed E-state index contributed by atoms with van der Waals surface area (Å²) in [4.78, 5) is 26.5. The standard InChI is InChI=1S/C17H24N4O4/c1-24-13-5-3-2-4-12(13)18-16(22)10-14-19-15(11-17(23)20-14)21-6-8-25-9-7-21/h2-5,14-15,19H,6-11H2,1H3,(H,18,22)(H,20,23). The number of morpholine rings is 1. The van der Waals surface area contributed by atoms with Crippen molar-refractivity contribution in [3.8, 4) is 5.75 Å². The second-order valence-corrected chi connectivity index (χ2v) is 6.11. The molecule has 2 aliphatic rings. The second-order valence-electron chi connectivity index (χ2n) is 6.11. The Morgan fingerprint density at radius 3 is 2.88 bits per heavy atom. The van der Waals surface area contributed by atoms with Crippen molar-refractivity contribution in [2.75, 3.05) is 38.7 Å². The van der Waals surface area contributed by atoms with Crippen LogP contribution in [0.2, 0.25) is 0 Å². The minimum atomic E-state index is -0.399. The smallest absolute Gasteiger partial charge is 0.227 e. The van der Waals surface area contributed by atoms with E-state index in [0.29, 0.717) is 31.1 Å². The topological polar surface area (TPSA) is 91.9 Å². The highest BCUT2D eigenvalue weighted by Crippen LogP contribution is 2.23. The van der Waals surface area contributed by atoms with Crippen molar-refractivity contribution in [2.45, 2.75) is 25.2 Å². The van der Waals surface area contributed by atoms with E-state index in [9.17, 15) is 9.59 Å². The zero-order valence-corrected chi connectivity index (χ0v) is 14.3. The Morgan fingerprint density at radius 2 is 2.12 bits per heavy atom. The van der Waals surface area contributed by atoms with Crippen molar-refractivity contribution in [3.05, 3.63) is 24.3 Å². The lowest BCUT2D eigenvalue weighted by atomic mass is 10.1. The van der Waals surface area contributed by atoms with Gasteiger partial charge in [-0.1, -0.05) is 12.1 Å². The van der Waals surface area contributed by atoms with E-state index in [-0.39, 0.29) is 24.4 Å². The summed E-state index contributed by atoms with van der Waals surface area (Å²) in [5.74, 6) is 0.359. The molecular weight excluding hydrogens is 324 g/mol. The summed E-state index contributed by atoms with van der Waals surface area (Å²) in [6.07, 6.45) is 0.0560. The van der Waals surface area contributed by atoms with Crippen LogP contribution in [0.5, 0.6) is 5.75 Å². The lowest BCUT2D eigenvalue weighted by Crippen LogP contribution is -2.63. The third-order valence-corrected chi connectivity index (χ3v) is 4.36. The number of carbonyl (C=O) groups excluding carboxylic acids is 2. The molecule has 2 saturated heterocycles. The summed E-state index contributed by atoms with van der Waals surface area (Å²) in [7, 11) is 1.56. The molecule has 0 bridgehead atoms. The fraction of sp³-hybridized carbons (Fsp3) is 0.529. The number of ether oxygens (including phenoxy) is 2. The predicted octanol–water partition coefficient (Wildman–Crippen LogP) is 0.118. The molecule has 2 atom stereocenters. The SMILES string of the molecule is COc1ccccc1NC(=O)CC1NC(=O)CC(N2CCOCC2)N1. The number of nitrogens with zero attached hydrogens (tertiary/aromatic N) is 1. The molecule has 0 aliphatic carbocycles. The maximum Gasteiger partial charge on any atom is 0.227 e. The van der Waals surface area contributed by atoms with Gasteiger partial charge in [0.2, 0.25) is 11.8 Å². The Hall–Kier alpha value is -2.16. The molecule has 2 unspecified atom stereocenters. The molecule has 1 aromatic carbocycles. The largest absolute Gasteiger partial charge is 0.495 e. The van der Waals surface area contributed by atoms with Gasteiger partial charge in [-0.3, -0.25) is 19.8 Å². The molecule has 1 aromatic rings. The van der Waals surface area contributed by atoms with Gasteiger partial charge in [-0.15, -0.1) is 0 Å². The van der Waals surface area contributed by atoms with E-state index in [2.05, 4.69) is 20.9 Å². The molecule has 0 saturated carbocycles. The summed E-state index contributed by atoms with van der Waals surface area (Å²) in [5.41, 5.74) is 0.613. The van der Waals surface area contributed by atoms with Crippen LogP contribution in [0.3, 0.4) is 0 Å². The fourth-order valence-corrected chi connectivity index (χ4v) is 3.13. The van der Waals surface area contributed by atoms with E-state index in [1.165, 1.54) is 0 Å². The second kappa shape index (κ2) is 8.28. The van der Waals surface area contributed by atoms with Gasteiger partial charge in [0, 0.05) is 13.1 Å². The van der Waals surface area contributed by atoms with Crippen LogP contribution in [0.15, 0.2) is 24.3 Å². The molecule has 3 N–H and O–H groups in total. The first-order valence-corrected chi connectivity index (χ1v) is 8.46. The number of carbonyl (C=O) groups is 2. The average Bonchev–Trinajstić information content (AvgIpc) is 2.62. The van der Waals surface area contributed by atoms with Crippen molar-refractivity contribution in [1.29, 1.82) is 0 Å². The Labute approximate surface area is 146 Å². The van der Waals surface area contributed by atoms with E-state index < -0.39 is 6.17 Å². The maximum atomic E-state index is 12.3. The van der Waals surface area contributed by atoms with Crippen LogP contribution in [-0.2, 0) is 14.3 Å². The van der Waals surface area contributed by atoms with Gasteiger partial charge < -0.3 is 20.1 Å². The third-order valence-electron chi connectivity index (χ3n) is 4.36. The number of hydrogen-bond donors (Lipinski definition) is 3. The first-order chi connectivity index (χ1) is 12.2. The highest BCUT2D eigenvalue weighted by molar-refractivity contribution is 5.93. The summed E-state index contributed by atoms with van der Waals surface area (Å²) in [6.45, 7) is 2.90. The highest BCUT2D eigenvalue weighted by atomic mass is 16.5. The Morgan fingerprint density at radius 1 is 1.36 bits per heavy atom. The summed E-state index contributed by atoms with van der Waals surface area (Å²) < 4.78 is 10.6. The van der Waals surface area contributed by atoms with E-state index in [4.69, 9.17) is 9.47 Å². The van der Waals surface area contributed by atoms with Crippen molar-refractivity contribution in [3.63, 3.8) is 0 Å². The van der Waals surface area contributed by atoms with Crippen LogP contribution < -0.4 is 20.7 Å². The van der Waals surface area contributed by atoms with Crippen molar-refractivity contribution < 1.29 is 19.1 Å². The Kier molecular flexibility index (Phi) is 5.85. The van der Waals surface area contributed by atoms with Gasteiger partial charge >= 0.3 is 0 Å². The molecule has 136 valence electrons. The normalized spacial score (nSPS) is 24.4. The van der Waals surface area contributed by atoms with Gasteiger partial charge in [-0.2, -0.15) is 0 Å². The van der Waals surface area contributed by atoms with E-state index >= 15 is 0 Å². The number of amides is 2. The number of anilines is 1. The molecule has 3 rings (SSSR count). The van der Waals surface area contributed by atoms with Crippen LogP contribution in [0.4, 0.5) is 5.69 Å². The molecule has 8 heteroatoms. The van der Waals surface area contributed by atoms with Gasteiger partial charge in [0.15, 0.2) is 0 Å². The van der Waals surface area contributed by atoms with Crippen LogP contribution in [-0.4, -0.2) is 62.5 Å². The minimum Gasteiger partial charge on any atom is -0.495 e. The summed E-state index contributed by atoms with van der Waals surface area (Å²) in [5, 5.41) is 9.00. The van der Waals surface area contributed by atoms with Crippen LogP contribution in [0.25, 0.3) is 0 Å². The zero-order valence-electron chi connectivity index (χ0n) is 14.3. The fourth-order valence-electron chi connectivity index (χ4n) is 3.13. The van der Waals surface area contributed by atoms with Crippen molar-refractivity contribution in [1.82, 2.24) is 15.5 Å². The van der Waals surface area contributed by atoms with Gasteiger partial charge in [-0.05, 0) is 12.1 Å². The predicted molar refractivity (Wildman–Crippen MR) is 92.1 cm³/mol. The van der Waals surface area contributed by atoms with E-state index in [1.54, 1.807) is 19.2 Å². The number of hydrogen-bond acceptors (Lipinski definition) is 6. The van der Waals surface area contributed by atoms with Gasteiger partial charge in [0.05, 0.1) is 51.2 Å². The van der Waals surface area contributed by atoms with Crippen LogP contribution >= 0.6 is 0 Å². The van der Waals surface area contributed by atoms with Crippen LogP contribution in [0.1, 0.15) is 12.8 Å². The first-order valence-electron chi connectivity index (χ1n) is 8.46. The lowest BCUT2D eigenvalue weighted by molar-refractivity contribution is -0.128. The van der Waals surface area contributed by atoms with Gasteiger partial charge in [0.1, 0.15) is 5.75 Å². The molecule has 0 aromatic heterocycles. The van der Waals surface area contributed by atoms with Gasteiger partial charge in [-0.25, -0.2) is 0 Å². The van der Waals surface area contributed by atoms with Crippen molar-refractivity contribution >= 4 is 17.5 Å². The van der Waals surface area contributed by atoms with Crippen molar-refractivity contribution in [2.24, 2.45) is 0 Å². The summed E-state index contributed by atoms with van der Waals surface area (Å²) in [6, 6.07) is 7.22. The molecule has 2 aliphatic heterocycles. The van der Waals surface area contributed by atoms with E-state index in [1.807, 2.05) is 12.1 Å². The molecule has 2 fully saturated rings. The Balaban J connectivity index is 1.57. The molecule has 8 nitrogen and oxygen atoms in total. The van der Waals surface area contributed by atoms with Gasteiger partial charge in [0.25, 0.3) is 0 Å². The number of methoxy groups -OCH3 is 1. The third kappa shape index (κ3) is 4.68. The average molecular weight is 348 g/mol. The molecule has 0 spiro atoms. The van der Waals surface area contributed by atoms with E-state index in [0.717, 1.165) is 13.1 Å². The quantitative estimate of drug-likeness (QED) is 0.700. The minimum absolute atomic E-state index is 0.0506. The molecular formula is C17H24N4O4. The lowest BCUT2D eigenvalue weighted by Gasteiger charge is -2.40. The molecule has 2 amide bonds. The summed E-state index contributed by atoms with van der Waals surface area (Å²) >= 11 is 0. The highest BCUT2D eigenvalue weighted by Gasteiger charge is 2.31.